The van der Waals surface area contributed by atoms with Crippen molar-refractivity contribution in [2.75, 3.05) is 22.6 Å². The van der Waals surface area contributed by atoms with Crippen molar-refractivity contribution in [3.8, 4) is 0 Å². The van der Waals surface area contributed by atoms with Crippen LogP contribution < -0.4 is 11.1 Å². The monoisotopic (exact) mass is 255 g/mol. The number of pyridine rings is 1. The Morgan fingerprint density at radius 1 is 1.53 bits per heavy atom. The summed E-state index contributed by atoms with van der Waals surface area (Å²) in [4.78, 5) is 4.19. The topological polar surface area (TPSA) is 85.1 Å². The van der Waals surface area contributed by atoms with Gasteiger partial charge in [0, 0.05) is 12.2 Å². The number of hydrogen-bond acceptors (Lipinski definition) is 5. The van der Waals surface area contributed by atoms with Crippen LogP contribution in [0.2, 0.25) is 0 Å². The first-order chi connectivity index (χ1) is 7.96. The molecule has 1 fully saturated rings. The maximum absolute atomic E-state index is 11.5. The normalized spacial score (nSPS) is 23.2. The quantitative estimate of drug-likeness (QED) is 0.822. The van der Waals surface area contributed by atoms with E-state index in [1.54, 1.807) is 6.20 Å². The Kier molecular flexibility index (Phi) is 3.24. The second-order valence-corrected chi connectivity index (χ2v) is 6.78. The fourth-order valence-electron chi connectivity index (χ4n) is 2.04. The molecule has 0 saturated carbocycles. The molecule has 3 N–H and O–H groups in total. The zero-order valence-corrected chi connectivity index (χ0v) is 10.6. The zero-order chi connectivity index (χ0) is 12.5. The highest BCUT2D eigenvalue weighted by atomic mass is 32.2. The van der Waals surface area contributed by atoms with Crippen LogP contribution in [-0.4, -0.2) is 30.9 Å². The predicted molar refractivity (Wildman–Crippen MR) is 68.7 cm³/mol. The number of aromatic nitrogens is 1. The van der Waals surface area contributed by atoms with Crippen LogP contribution >= 0.6 is 0 Å². The second-order valence-electron chi connectivity index (χ2n) is 4.55. The third-order valence-corrected chi connectivity index (χ3v) is 4.68. The summed E-state index contributed by atoms with van der Waals surface area (Å²) in [6, 6.07) is 1.75. The van der Waals surface area contributed by atoms with Gasteiger partial charge in [0.15, 0.2) is 9.84 Å². The maximum atomic E-state index is 11.5. The van der Waals surface area contributed by atoms with Crippen molar-refractivity contribution >= 4 is 21.3 Å². The van der Waals surface area contributed by atoms with Gasteiger partial charge in [0.1, 0.15) is 5.82 Å². The number of anilines is 2. The number of nitrogens with zero attached hydrogens (tertiary/aromatic N) is 1. The molecule has 1 unspecified atom stereocenters. The lowest BCUT2D eigenvalue weighted by Crippen LogP contribution is -2.35. The van der Waals surface area contributed by atoms with Crippen LogP contribution in [0.3, 0.4) is 0 Å². The van der Waals surface area contributed by atoms with Gasteiger partial charge in [0.25, 0.3) is 0 Å². The summed E-state index contributed by atoms with van der Waals surface area (Å²) < 4.78 is 23.0. The average Bonchev–Trinajstić information content (AvgIpc) is 2.21. The smallest absolute Gasteiger partial charge is 0.152 e. The first kappa shape index (κ1) is 12.2. The molecule has 94 valence electrons. The molecule has 6 heteroatoms. The van der Waals surface area contributed by atoms with Gasteiger partial charge >= 0.3 is 0 Å². The number of nitrogen functional groups attached to an aromatic ring is 1. The summed E-state index contributed by atoms with van der Waals surface area (Å²) in [6.07, 6.45) is 3.26. The lowest BCUT2D eigenvalue weighted by Gasteiger charge is -2.24. The Morgan fingerprint density at radius 2 is 2.29 bits per heavy atom. The SMILES string of the molecule is Cc1cnc(NC2CCCS(=O)(=O)C2)c(N)c1. The van der Waals surface area contributed by atoms with Gasteiger partial charge in [0.05, 0.1) is 17.2 Å². The predicted octanol–water partition coefficient (Wildman–Crippen LogP) is 0.961. The van der Waals surface area contributed by atoms with Crippen LogP contribution in [-0.2, 0) is 9.84 Å². The molecular weight excluding hydrogens is 238 g/mol. The second kappa shape index (κ2) is 4.52. The molecule has 0 aliphatic carbocycles. The molecular formula is C11H17N3O2S. The van der Waals surface area contributed by atoms with Gasteiger partial charge in [-0.1, -0.05) is 0 Å². The van der Waals surface area contributed by atoms with E-state index in [9.17, 15) is 8.42 Å². The van der Waals surface area contributed by atoms with Crippen molar-refractivity contribution in [2.24, 2.45) is 0 Å². The Morgan fingerprint density at radius 3 is 2.94 bits per heavy atom. The van der Waals surface area contributed by atoms with E-state index in [1.165, 1.54) is 0 Å². The van der Waals surface area contributed by atoms with E-state index in [0.717, 1.165) is 12.0 Å². The van der Waals surface area contributed by atoms with Crippen molar-refractivity contribution in [1.82, 2.24) is 4.98 Å². The molecule has 5 nitrogen and oxygen atoms in total. The molecule has 0 aromatic carbocycles. The van der Waals surface area contributed by atoms with Crippen LogP contribution in [0, 0.1) is 6.92 Å². The minimum Gasteiger partial charge on any atom is -0.396 e. The van der Waals surface area contributed by atoms with E-state index in [1.807, 2.05) is 13.0 Å². The summed E-state index contributed by atoms with van der Waals surface area (Å²) in [7, 11) is -2.90. The van der Waals surface area contributed by atoms with Crippen LogP contribution in [0.25, 0.3) is 0 Å². The standard InChI is InChI=1S/C11H17N3O2S/c1-8-5-10(12)11(13-6-8)14-9-3-2-4-17(15,16)7-9/h5-6,9H,2-4,7,12H2,1H3,(H,13,14). The van der Waals surface area contributed by atoms with Crippen LogP contribution in [0.1, 0.15) is 18.4 Å². The first-order valence-electron chi connectivity index (χ1n) is 5.65. The minimum absolute atomic E-state index is 0.0775. The Balaban J connectivity index is 2.10. The minimum atomic E-state index is -2.90. The molecule has 0 radical (unpaired) electrons. The fraction of sp³-hybridized carbons (Fsp3) is 0.545. The molecule has 1 aromatic rings. The molecule has 0 bridgehead atoms. The van der Waals surface area contributed by atoms with Crippen molar-refractivity contribution in [3.05, 3.63) is 17.8 Å². The van der Waals surface area contributed by atoms with E-state index in [4.69, 9.17) is 5.73 Å². The molecule has 1 saturated heterocycles. The molecule has 0 spiro atoms. The van der Waals surface area contributed by atoms with Crippen LogP contribution in [0.5, 0.6) is 0 Å². The molecule has 2 heterocycles. The lowest BCUT2D eigenvalue weighted by atomic mass is 10.2. The third-order valence-electron chi connectivity index (χ3n) is 2.86. The number of rotatable bonds is 2. The Bertz CT molecular complexity index is 513. The van der Waals surface area contributed by atoms with Gasteiger partial charge in [-0.05, 0) is 31.4 Å². The number of hydrogen-bond donors (Lipinski definition) is 2. The lowest BCUT2D eigenvalue weighted by molar-refractivity contribution is 0.561. The van der Waals surface area contributed by atoms with Crippen molar-refractivity contribution in [2.45, 2.75) is 25.8 Å². The molecule has 1 aliphatic heterocycles. The average molecular weight is 255 g/mol. The van der Waals surface area contributed by atoms with Gasteiger partial charge in [-0.15, -0.1) is 0 Å². The first-order valence-corrected chi connectivity index (χ1v) is 7.47. The van der Waals surface area contributed by atoms with E-state index >= 15 is 0 Å². The van der Waals surface area contributed by atoms with E-state index in [2.05, 4.69) is 10.3 Å². The van der Waals surface area contributed by atoms with Gasteiger partial charge in [-0.3, -0.25) is 0 Å². The number of nitrogens with one attached hydrogen (secondary N) is 1. The van der Waals surface area contributed by atoms with Crippen LogP contribution in [0.15, 0.2) is 12.3 Å². The van der Waals surface area contributed by atoms with Gasteiger partial charge in [-0.25, -0.2) is 13.4 Å². The fourth-order valence-corrected chi connectivity index (χ4v) is 3.68. The zero-order valence-electron chi connectivity index (χ0n) is 9.81. The molecule has 0 amide bonds. The summed E-state index contributed by atoms with van der Waals surface area (Å²) in [5, 5.41) is 3.12. The highest BCUT2D eigenvalue weighted by Gasteiger charge is 2.25. The van der Waals surface area contributed by atoms with Gasteiger partial charge < -0.3 is 11.1 Å². The molecule has 1 aromatic heterocycles. The summed E-state index contributed by atoms with van der Waals surface area (Å²) in [6.45, 7) is 1.91. The largest absolute Gasteiger partial charge is 0.396 e. The van der Waals surface area contributed by atoms with Crippen molar-refractivity contribution in [1.29, 1.82) is 0 Å². The van der Waals surface area contributed by atoms with Crippen molar-refractivity contribution < 1.29 is 8.42 Å². The van der Waals surface area contributed by atoms with E-state index in [-0.39, 0.29) is 11.8 Å². The summed E-state index contributed by atoms with van der Waals surface area (Å²) in [5.74, 6) is 1.04. The van der Waals surface area contributed by atoms with Crippen molar-refractivity contribution in [3.63, 3.8) is 0 Å². The number of aryl methyl sites for hydroxylation is 1. The molecule has 1 aliphatic rings. The number of sulfone groups is 1. The Hall–Kier alpha value is -1.30. The summed E-state index contributed by atoms with van der Waals surface area (Å²) >= 11 is 0. The van der Waals surface area contributed by atoms with Gasteiger partial charge in [0.2, 0.25) is 0 Å². The molecule has 2 rings (SSSR count). The number of nitrogens with two attached hydrogens (primary N) is 1. The molecule has 1 atom stereocenters. The van der Waals surface area contributed by atoms with E-state index in [0.29, 0.717) is 23.7 Å². The highest BCUT2D eigenvalue weighted by molar-refractivity contribution is 7.91. The van der Waals surface area contributed by atoms with Crippen LogP contribution in [0.4, 0.5) is 11.5 Å². The maximum Gasteiger partial charge on any atom is 0.152 e. The third kappa shape index (κ3) is 3.09. The van der Waals surface area contributed by atoms with Gasteiger partial charge in [-0.2, -0.15) is 0 Å². The summed E-state index contributed by atoms with van der Waals surface area (Å²) in [5.41, 5.74) is 7.38. The molecule has 17 heavy (non-hydrogen) atoms. The van der Waals surface area contributed by atoms with E-state index < -0.39 is 9.84 Å². The highest BCUT2D eigenvalue weighted by Crippen LogP contribution is 2.21. The Labute approximate surface area is 101 Å².